The first-order valence-electron chi connectivity index (χ1n) is 6.39. The van der Waals surface area contributed by atoms with E-state index in [9.17, 15) is 0 Å². The number of aryl methyl sites for hydroxylation is 1. The Labute approximate surface area is 117 Å². The van der Waals surface area contributed by atoms with Crippen LogP contribution in [-0.2, 0) is 6.42 Å². The number of alkyl halides is 1. The summed E-state index contributed by atoms with van der Waals surface area (Å²) in [5.41, 5.74) is 2.53. The second-order valence-corrected chi connectivity index (χ2v) is 6.05. The highest BCUT2D eigenvalue weighted by Gasteiger charge is 2.07. The van der Waals surface area contributed by atoms with Crippen LogP contribution in [0, 0.1) is 0 Å². The average molecular weight is 307 g/mol. The van der Waals surface area contributed by atoms with Crippen LogP contribution in [0.15, 0.2) is 35.3 Å². The zero-order valence-electron chi connectivity index (χ0n) is 11.1. The summed E-state index contributed by atoms with van der Waals surface area (Å²) in [5, 5.41) is 1.28. The van der Waals surface area contributed by atoms with Crippen molar-refractivity contribution in [2.45, 2.75) is 38.1 Å². The summed E-state index contributed by atoms with van der Waals surface area (Å²) in [6.07, 6.45) is 2.97. The lowest BCUT2D eigenvalue weighted by Gasteiger charge is -2.09. The number of hydrogen-bond acceptors (Lipinski definition) is 1. The molecule has 0 saturated heterocycles. The van der Waals surface area contributed by atoms with Crippen molar-refractivity contribution < 1.29 is 0 Å². The van der Waals surface area contributed by atoms with Gasteiger partial charge >= 0.3 is 0 Å². The zero-order chi connectivity index (χ0) is 13.1. The molecule has 1 aromatic carbocycles. The van der Waals surface area contributed by atoms with Crippen LogP contribution in [0.2, 0.25) is 0 Å². The minimum atomic E-state index is 0.274. The van der Waals surface area contributed by atoms with Crippen LogP contribution in [0.3, 0.4) is 0 Å². The first-order chi connectivity index (χ1) is 8.63. The molecule has 1 heterocycles. The highest BCUT2D eigenvalue weighted by atomic mass is 79.9. The summed E-state index contributed by atoms with van der Waals surface area (Å²) >= 11 is 3.57. The van der Waals surface area contributed by atoms with E-state index in [0.29, 0.717) is 4.83 Å². The molecule has 0 fully saturated rings. The van der Waals surface area contributed by atoms with Crippen molar-refractivity contribution >= 4 is 33.2 Å². The summed E-state index contributed by atoms with van der Waals surface area (Å²) in [4.78, 5) is 5.01. The average Bonchev–Trinajstić information content (AvgIpc) is 2.73. The van der Waals surface area contributed by atoms with Gasteiger partial charge in [0.1, 0.15) is 0 Å². The van der Waals surface area contributed by atoms with E-state index in [0.717, 1.165) is 6.42 Å². The van der Waals surface area contributed by atoms with Gasteiger partial charge in [-0.1, -0.05) is 48.0 Å². The zero-order valence-corrected chi connectivity index (χ0v) is 12.7. The molecule has 0 spiro atoms. The van der Waals surface area contributed by atoms with E-state index in [4.69, 9.17) is 0 Å². The van der Waals surface area contributed by atoms with Gasteiger partial charge in [-0.05, 0) is 25.5 Å². The van der Waals surface area contributed by atoms with Crippen molar-refractivity contribution in [3.8, 4) is 0 Å². The first-order valence-corrected chi connectivity index (χ1v) is 7.31. The topological polar surface area (TPSA) is 17.3 Å². The van der Waals surface area contributed by atoms with Crippen LogP contribution >= 0.6 is 15.9 Å². The van der Waals surface area contributed by atoms with Gasteiger partial charge in [-0.2, -0.15) is 0 Å². The molecule has 0 N–H and O–H groups in total. The number of para-hydroxylation sites is 1. The number of aliphatic imine (C=N–C) groups is 1. The molecule has 0 radical (unpaired) electrons. The monoisotopic (exact) mass is 306 g/mol. The molecular formula is C15H19BrN2. The number of aromatic nitrogens is 1. The molecule has 2 atom stereocenters. The third-order valence-electron chi connectivity index (χ3n) is 3.27. The van der Waals surface area contributed by atoms with Crippen molar-refractivity contribution in [3.05, 3.63) is 36.0 Å². The minimum Gasteiger partial charge on any atom is -0.305 e. The number of benzene rings is 1. The van der Waals surface area contributed by atoms with Crippen molar-refractivity contribution in [1.82, 2.24) is 4.57 Å². The maximum Gasteiger partial charge on any atom is 0.0941 e. The molecule has 0 bridgehead atoms. The second kappa shape index (κ2) is 5.70. The van der Waals surface area contributed by atoms with Crippen molar-refractivity contribution in [2.24, 2.45) is 4.99 Å². The van der Waals surface area contributed by atoms with Gasteiger partial charge in [0, 0.05) is 15.9 Å². The van der Waals surface area contributed by atoms with Crippen LogP contribution in [-0.4, -0.2) is 21.8 Å². The summed E-state index contributed by atoms with van der Waals surface area (Å²) in [7, 11) is 0. The predicted molar refractivity (Wildman–Crippen MR) is 83.1 cm³/mol. The smallest absolute Gasteiger partial charge is 0.0941 e. The Balaban J connectivity index is 2.42. The molecule has 2 rings (SSSR count). The van der Waals surface area contributed by atoms with E-state index >= 15 is 0 Å². The van der Waals surface area contributed by atoms with Gasteiger partial charge < -0.3 is 4.57 Å². The molecule has 1 unspecified atom stereocenters. The van der Waals surface area contributed by atoms with Gasteiger partial charge in [0.2, 0.25) is 0 Å². The Morgan fingerprint density at radius 1 is 1.33 bits per heavy atom. The van der Waals surface area contributed by atoms with Gasteiger partial charge in [-0.3, -0.25) is 4.99 Å². The Bertz CT molecular complexity index is 555. The third kappa shape index (κ3) is 2.66. The predicted octanol–water partition coefficient (Wildman–Crippen LogP) is 4.25. The van der Waals surface area contributed by atoms with Crippen molar-refractivity contribution in [1.29, 1.82) is 0 Å². The maximum atomic E-state index is 4.62. The standard InChI is InChI=1S/C15H19BrN2/c1-4-14-9-13-7-5-6-8-15(13)18(14)10-17-12(3)11(2)16/h5-12H,4H2,1-3H3/b17-10-/t11-,12?/m1/s1. The summed E-state index contributed by atoms with van der Waals surface area (Å²) < 4.78 is 2.20. The third-order valence-corrected chi connectivity index (χ3v) is 4.04. The van der Waals surface area contributed by atoms with Gasteiger partial charge in [0.25, 0.3) is 0 Å². The highest BCUT2D eigenvalue weighted by Crippen LogP contribution is 2.19. The lowest BCUT2D eigenvalue weighted by Crippen LogP contribution is -2.12. The molecule has 2 nitrogen and oxygen atoms in total. The molecular weight excluding hydrogens is 288 g/mol. The highest BCUT2D eigenvalue weighted by molar-refractivity contribution is 9.09. The van der Waals surface area contributed by atoms with Crippen LogP contribution in [0.4, 0.5) is 0 Å². The van der Waals surface area contributed by atoms with Gasteiger partial charge in [0.15, 0.2) is 0 Å². The fourth-order valence-corrected chi connectivity index (χ4v) is 2.07. The molecule has 0 aliphatic carbocycles. The number of hydrogen-bond donors (Lipinski definition) is 0. The Hall–Kier alpha value is -1.09. The lowest BCUT2D eigenvalue weighted by atomic mass is 10.2. The van der Waals surface area contributed by atoms with E-state index in [2.05, 4.69) is 76.6 Å². The SMILES string of the molecule is CCc1cc2ccccc2n1/C=N\C(C)[C@@H](C)Br. The summed E-state index contributed by atoms with van der Waals surface area (Å²) in [6, 6.07) is 11.0. The number of rotatable bonds is 4. The largest absolute Gasteiger partial charge is 0.305 e. The van der Waals surface area contributed by atoms with Crippen LogP contribution in [0.1, 0.15) is 26.5 Å². The Morgan fingerprint density at radius 3 is 2.72 bits per heavy atom. The van der Waals surface area contributed by atoms with E-state index in [1.807, 2.05) is 6.34 Å². The lowest BCUT2D eigenvalue weighted by molar-refractivity contribution is 0.741. The molecule has 18 heavy (non-hydrogen) atoms. The van der Waals surface area contributed by atoms with Crippen LogP contribution in [0.5, 0.6) is 0 Å². The van der Waals surface area contributed by atoms with Crippen LogP contribution < -0.4 is 0 Å². The fraction of sp³-hybridized carbons (Fsp3) is 0.400. The summed E-state index contributed by atoms with van der Waals surface area (Å²) in [5.74, 6) is 0. The van der Waals surface area contributed by atoms with Crippen molar-refractivity contribution in [3.63, 3.8) is 0 Å². The Kier molecular flexibility index (Phi) is 4.23. The van der Waals surface area contributed by atoms with Crippen molar-refractivity contribution in [2.75, 3.05) is 0 Å². The molecule has 0 aliphatic heterocycles. The number of fused-ring (bicyclic) bond motifs is 1. The van der Waals surface area contributed by atoms with E-state index in [1.165, 1.54) is 16.6 Å². The molecule has 0 saturated carbocycles. The van der Waals surface area contributed by atoms with Gasteiger partial charge in [0.05, 0.1) is 17.9 Å². The molecule has 3 heteroatoms. The summed E-state index contributed by atoms with van der Waals surface area (Å²) in [6.45, 7) is 6.42. The second-order valence-electron chi connectivity index (χ2n) is 4.60. The molecule has 96 valence electrons. The van der Waals surface area contributed by atoms with E-state index in [1.54, 1.807) is 0 Å². The number of halogens is 1. The van der Waals surface area contributed by atoms with E-state index in [-0.39, 0.29) is 6.04 Å². The quantitative estimate of drug-likeness (QED) is 0.456. The maximum absolute atomic E-state index is 4.62. The molecule has 1 aromatic heterocycles. The fourth-order valence-electron chi connectivity index (χ4n) is 1.93. The van der Waals surface area contributed by atoms with E-state index < -0.39 is 0 Å². The normalized spacial score (nSPS) is 15.3. The van der Waals surface area contributed by atoms with Crippen LogP contribution in [0.25, 0.3) is 10.9 Å². The van der Waals surface area contributed by atoms with Gasteiger partial charge in [-0.15, -0.1) is 0 Å². The Morgan fingerprint density at radius 2 is 2.06 bits per heavy atom. The number of nitrogens with zero attached hydrogens (tertiary/aromatic N) is 2. The molecule has 0 aliphatic rings. The molecule has 0 amide bonds. The molecule has 2 aromatic rings. The first kappa shape index (κ1) is 13.3. The minimum absolute atomic E-state index is 0.274. The van der Waals surface area contributed by atoms with Gasteiger partial charge in [-0.25, -0.2) is 0 Å².